The van der Waals surface area contributed by atoms with Gasteiger partial charge in [-0.3, -0.25) is 4.79 Å². The summed E-state index contributed by atoms with van der Waals surface area (Å²) in [6.07, 6.45) is -4.39. The number of carbonyl (C=O) groups is 1. The van der Waals surface area contributed by atoms with Crippen LogP contribution in [0.3, 0.4) is 0 Å². The molecule has 0 radical (unpaired) electrons. The summed E-state index contributed by atoms with van der Waals surface area (Å²) in [4.78, 5) is 11.3. The average Bonchev–Trinajstić information content (AvgIpc) is 2.41. The second kappa shape index (κ2) is 7.14. The van der Waals surface area contributed by atoms with Gasteiger partial charge in [0.05, 0.1) is 13.7 Å². The highest BCUT2D eigenvalue weighted by Gasteiger charge is 2.27. The van der Waals surface area contributed by atoms with Crippen molar-refractivity contribution in [3.63, 3.8) is 0 Å². The van der Waals surface area contributed by atoms with Crippen molar-refractivity contribution in [2.75, 3.05) is 20.2 Å². The van der Waals surface area contributed by atoms with Crippen molar-refractivity contribution in [2.45, 2.75) is 19.1 Å². The molecule has 0 bridgehead atoms. The van der Waals surface area contributed by atoms with Crippen LogP contribution >= 0.6 is 0 Å². The number of nitrogens with one attached hydrogen (secondary N) is 2. The summed E-state index contributed by atoms with van der Waals surface area (Å²) in [5.74, 6) is -0.0188. The van der Waals surface area contributed by atoms with Crippen molar-refractivity contribution >= 4 is 5.91 Å². The Labute approximate surface area is 115 Å². The van der Waals surface area contributed by atoms with Crippen LogP contribution in [-0.2, 0) is 4.79 Å². The van der Waals surface area contributed by atoms with E-state index in [-0.39, 0.29) is 12.6 Å². The largest absolute Gasteiger partial charge is 0.497 e. The standard InChI is InChI=1S/C13H17F3N2O2/c1-9(10-4-3-5-11(6-10)20-2)17-7-12(19)18-8-13(14,15)16/h3-6,9,17H,7-8H2,1-2H3,(H,18,19)/t9-/m1/s1. The molecule has 0 fully saturated rings. The van der Waals surface area contributed by atoms with E-state index in [2.05, 4.69) is 5.32 Å². The maximum absolute atomic E-state index is 11.9. The van der Waals surface area contributed by atoms with E-state index in [1.807, 2.05) is 13.0 Å². The van der Waals surface area contributed by atoms with E-state index in [0.717, 1.165) is 5.56 Å². The molecule has 2 N–H and O–H groups in total. The number of benzene rings is 1. The number of hydrogen-bond donors (Lipinski definition) is 2. The Morgan fingerprint density at radius 1 is 1.40 bits per heavy atom. The number of carbonyl (C=O) groups excluding carboxylic acids is 1. The van der Waals surface area contributed by atoms with Crippen LogP contribution in [0.25, 0.3) is 0 Å². The molecule has 0 aliphatic heterocycles. The SMILES string of the molecule is COc1cccc([C@@H](C)NCC(=O)NCC(F)(F)F)c1. The summed E-state index contributed by atoms with van der Waals surface area (Å²) < 4.78 is 40.8. The fourth-order valence-corrected chi connectivity index (χ4v) is 1.54. The van der Waals surface area contributed by atoms with Crippen molar-refractivity contribution in [2.24, 2.45) is 0 Å². The average molecular weight is 290 g/mol. The lowest BCUT2D eigenvalue weighted by Crippen LogP contribution is -2.39. The van der Waals surface area contributed by atoms with Crippen LogP contribution in [0.5, 0.6) is 5.75 Å². The van der Waals surface area contributed by atoms with Gasteiger partial charge >= 0.3 is 6.18 Å². The number of ether oxygens (including phenoxy) is 1. The van der Waals surface area contributed by atoms with Gasteiger partial charge in [0, 0.05) is 6.04 Å². The third kappa shape index (κ3) is 5.92. The van der Waals surface area contributed by atoms with Crippen LogP contribution in [0.2, 0.25) is 0 Å². The Bertz CT molecular complexity index is 449. The van der Waals surface area contributed by atoms with E-state index in [1.54, 1.807) is 30.6 Å². The van der Waals surface area contributed by atoms with Gasteiger partial charge in [-0.25, -0.2) is 0 Å². The molecule has 1 atom stereocenters. The first-order valence-electron chi connectivity index (χ1n) is 6.02. The molecule has 20 heavy (non-hydrogen) atoms. The summed E-state index contributed by atoms with van der Waals surface area (Å²) in [7, 11) is 1.54. The second-order valence-corrected chi connectivity index (χ2v) is 4.27. The van der Waals surface area contributed by atoms with Crippen molar-refractivity contribution in [1.82, 2.24) is 10.6 Å². The predicted molar refractivity (Wildman–Crippen MR) is 68.5 cm³/mol. The highest BCUT2D eigenvalue weighted by molar-refractivity contribution is 5.78. The van der Waals surface area contributed by atoms with Crippen LogP contribution in [0.4, 0.5) is 13.2 Å². The number of alkyl halides is 3. The van der Waals surface area contributed by atoms with Crippen LogP contribution < -0.4 is 15.4 Å². The molecule has 0 unspecified atom stereocenters. The number of halogens is 3. The Hall–Kier alpha value is -1.76. The Kier molecular flexibility index (Phi) is 5.82. The topological polar surface area (TPSA) is 50.4 Å². The third-order valence-electron chi connectivity index (χ3n) is 2.65. The first kappa shape index (κ1) is 16.3. The van der Waals surface area contributed by atoms with Gasteiger partial charge in [-0.05, 0) is 24.6 Å². The molecule has 4 nitrogen and oxygen atoms in total. The zero-order chi connectivity index (χ0) is 15.2. The molecule has 1 aromatic rings. The molecule has 0 aromatic heterocycles. The smallest absolute Gasteiger partial charge is 0.405 e. The highest BCUT2D eigenvalue weighted by atomic mass is 19.4. The summed E-state index contributed by atoms with van der Waals surface area (Å²) in [5, 5.41) is 4.65. The molecule has 1 rings (SSSR count). The fraction of sp³-hybridized carbons (Fsp3) is 0.462. The van der Waals surface area contributed by atoms with Crippen LogP contribution in [0.1, 0.15) is 18.5 Å². The molecule has 1 aromatic carbocycles. The molecule has 0 aliphatic carbocycles. The van der Waals surface area contributed by atoms with Gasteiger partial charge in [-0.1, -0.05) is 12.1 Å². The zero-order valence-electron chi connectivity index (χ0n) is 11.3. The van der Waals surface area contributed by atoms with E-state index in [0.29, 0.717) is 5.75 Å². The lowest BCUT2D eigenvalue weighted by atomic mass is 10.1. The van der Waals surface area contributed by atoms with Gasteiger partial charge < -0.3 is 15.4 Å². The molecule has 0 saturated carbocycles. The van der Waals surface area contributed by atoms with Gasteiger partial charge in [0.15, 0.2) is 0 Å². The number of amides is 1. The Morgan fingerprint density at radius 2 is 2.10 bits per heavy atom. The molecule has 112 valence electrons. The van der Waals surface area contributed by atoms with Crippen molar-refractivity contribution < 1.29 is 22.7 Å². The highest BCUT2D eigenvalue weighted by Crippen LogP contribution is 2.18. The van der Waals surface area contributed by atoms with E-state index < -0.39 is 18.6 Å². The fourth-order valence-electron chi connectivity index (χ4n) is 1.54. The maximum Gasteiger partial charge on any atom is 0.405 e. The minimum absolute atomic E-state index is 0.179. The minimum Gasteiger partial charge on any atom is -0.497 e. The molecule has 0 spiro atoms. The molecular weight excluding hydrogens is 273 g/mol. The first-order chi connectivity index (χ1) is 9.31. The van der Waals surface area contributed by atoms with Crippen molar-refractivity contribution in [3.05, 3.63) is 29.8 Å². The quantitative estimate of drug-likeness (QED) is 0.843. The monoisotopic (exact) mass is 290 g/mol. The maximum atomic E-state index is 11.9. The third-order valence-corrected chi connectivity index (χ3v) is 2.65. The van der Waals surface area contributed by atoms with E-state index in [1.165, 1.54) is 0 Å². The van der Waals surface area contributed by atoms with E-state index in [4.69, 9.17) is 4.74 Å². The Morgan fingerprint density at radius 3 is 2.70 bits per heavy atom. The van der Waals surface area contributed by atoms with Crippen molar-refractivity contribution in [1.29, 1.82) is 0 Å². The van der Waals surface area contributed by atoms with Gasteiger partial charge in [0.1, 0.15) is 12.3 Å². The number of hydrogen-bond acceptors (Lipinski definition) is 3. The number of methoxy groups -OCH3 is 1. The molecule has 7 heteroatoms. The van der Waals surface area contributed by atoms with Crippen molar-refractivity contribution in [3.8, 4) is 5.75 Å². The molecule has 0 heterocycles. The lowest BCUT2D eigenvalue weighted by Gasteiger charge is -2.15. The molecule has 1 amide bonds. The predicted octanol–water partition coefficient (Wildman–Crippen LogP) is 2.02. The normalized spacial score (nSPS) is 12.8. The molecular formula is C13H17F3N2O2. The van der Waals surface area contributed by atoms with E-state index in [9.17, 15) is 18.0 Å². The van der Waals surface area contributed by atoms with Crippen LogP contribution in [0, 0.1) is 0 Å². The minimum atomic E-state index is -4.39. The van der Waals surface area contributed by atoms with Gasteiger partial charge in [0.2, 0.25) is 5.91 Å². The van der Waals surface area contributed by atoms with Crippen LogP contribution in [0.15, 0.2) is 24.3 Å². The van der Waals surface area contributed by atoms with E-state index >= 15 is 0 Å². The number of rotatable bonds is 6. The van der Waals surface area contributed by atoms with Gasteiger partial charge in [-0.15, -0.1) is 0 Å². The second-order valence-electron chi connectivity index (χ2n) is 4.27. The lowest BCUT2D eigenvalue weighted by molar-refractivity contribution is -0.137. The van der Waals surface area contributed by atoms with Gasteiger partial charge in [0.25, 0.3) is 0 Å². The molecule has 0 aliphatic rings. The first-order valence-corrected chi connectivity index (χ1v) is 6.02. The molecule has 0 saturated heterocycles. The summed E-state index contributed by atoms with van der Waals surface area (Å²) in [5.41, 5.74) is 0.882. The Balaban J connectivity index is 2.42. The summed E-state index contributed by atoms with van der Waals surface area (Å²) in [6, 6.07) is 7.04. The summed E-state index contributed by atoms with van der Waals surface area (Å²) in [6.45, 7) is 0.307. The summed E-state index contributed by atoms with van der Waals surface area (Å²) >= 11 is 0. The van der Waals surface area contributed by atoms with Crippen LogP contribution in [-0.4, -0.2) is 32.3 Å². The van der Waals surface area contributed by atoms with Gasteiger partial charge in [-0.2, -0.15) is 13.2 Å². The zero-order valence-corrected chi connectivity index (χ0v) is 11.3.